The smallest absolute Gasteiger partial charge is 0.227 e. The molecule has 1 saturated heterocycles. The van der Waals surface area contributed by atoms with E-state index in [0.717, 1.165) is 18.4 Å². The largest absolute Gasteiger partial charge is 0.387 e. The molecule has 0 unspecified atom stereocenters. The van der Waals surface area contributed by atoms with E-state index in [1.54, 1.807) is 12.4 Å². The van der Waals surface area contributed by atoms with E-state index in [2.05, 4.69) is 18.8 Å². The fourth-order valence-corrected chi connectivity index (χ4v) is 3.38. The lowest BCUT2D eigenvalue weighted by atomic mass is 9.75. The molecule has 1 aliphatic heterocycles. The van der Waals surface area contributed by atoms with Crippen LogP contribution in [0, 0.1) is 11.3 Å². The van der Waals surface area contributed by atoms with Gasteiger partial charge in [-0.3, -0.25) is 9.78 Å². The molecule has 1 saturated carbocycles. The summed E-state index contributed by atoms with van der Waals surface area (Å²) in [7, 11) is 0. The van der Waals surface area contributed by atoms with Crippen molar-refractivity contribution in [1.29, 1.82) is 0 Å². The van der Waals surface area contributed by atoms with Gasteiger partial charge < -0.3 is 10.0 Å². The maximum atomic E-state index is 12.4. The predicted octanol–water partition coefficient (Wildman–Crippen LogP) is 1.63. The number of hydrogen-bond acceptors (Lipinski definition) is 3. The highest BCUT2D eigenvalue weighted by Crippen LogP contribution is 2.52. The Hall–Kier alpha value is -1.42. The van der Waals surface area contributed by atoms with Crippen molar-refractivity contribution in [3.05, 3.63) is 30.1 Å². The van der Waals surface area contributed by atoms with Crippen LogP contribution in [0.15, 0.2) is 24.5 Å². The van der Waals surface area contributed by atoms with Crippen LogP contribution in [-0.2, 0) is 11.2 Å². The molecule has 2 heterocycles. The van der Waals surface area contributed by atoms with Crippen molar-refractivity contribution in [3.63, 3.8) is 0 Å². The summed E-state index contributed by atoms with van der Waals surface area (Å²) in [5, 5.41) is 10.9. The van der Waals surface area contributed by atoms with Crippen LogP contribution in [0.5, 0.6) is 0 Å². The third-order valence-electron chi connectivity index (χ3n) is 4.87. The topological polar surface area (TPSA) is 53.4 Å². The van der Waals surface area contributed by atoms with E-state index in [1.807, 2.05) is 17.0 Å². The van der Waals surface area contributed by atoms with Gasteiger partial charge in [-0.25, -0.2) is 0 Å². The SMILES string of the molecule is CC1(C)CN(C(=O)Cc2cccnc2)C[C@@]1(O)C1CC1. The van der Waals surface area contributed by atoms with Crippen molar-refractivity contribution in [2.75, 3.05) is 13.1 Å². The number of likely N-dealkylation sites (tertiary alicyclic amines) is 1. The Kier molecular flexibility index (Phi) is 3.09. The fraction of sp³-hybridized carbons (Fsp3) is 0.625. The van der Waals surface area contributed by atoms with E-state index in [1.165, 1.54) is 0 Å². The third-order valence-corrected chi connectivity index (χ3v) is 4.87. The summed E-state index contributed by atoms with van der Waals surface area (Å²) in [5.74, 6) is 0.455. The van der Waals surface area contributed by atoms with Crippen LogP contribution in [-0.4, -0.2) is 39.6 Å². The van der Waals surface area contributed by atoms with Gasteiger partial charge in [0.15, 0.2) is 0 Å². The second kappa shape index (κ2) is 4.55. The molecule has 1 N–H and O–H groups in total. The molecule has 0 radical (unpaired) electrons. The van der Waals surface area contributed by atoms with E-state index >= 15 is 0 Å². The second-order valence-electron chi connectivity index (χ2n) is 6.87. The molecule has 1 atom stereocenters. The first kappa shape index (κ1) is 13.6. The first-order valence-electron chi connectivity index (χ1n) is 7.31. The minimum atomic E-state index is -0.711. The van der Waals surface area contributed by atoms with E-state index in [4.69, 9.17) is 0 Å². The van der Waals surface area contributed by atoms with Gasteiger partial charge in [-0.2, -0.15) is 0 Å². The summed E-state index contributed by atoms with van der Waals surface area (Å²) >= 11 is 0. The van der Waals surface area contributed by atoms with Crippen LogP contribution < -0.4 is 0 Å². The lowest BCUT2D eigenvalue weighted by Crippen LogP contribution is -2.46. The Morgan fingerprint density at radius 3 is 2.80 bits per heavy atom. The molecule has 1 aromatic heterocycles. The standard InChI is InChI=1S/C16H22N2O2/c1-15(2)10-18(11-16(15,20)13-5-6-13)14(19)8-12-4-3-7-17-9-12/h3-4,7,9,13,20H,5-6,8,10-11H2,1-2H3/t16-/m1/s1. The molecule has 3 rings (SSSR count). The molecule has 2 fully saturated rings. The van der Waals surface area contributed by atoms with Crippen molar-refractivity contribution in [1.82, 2.24) is 9.88 Å². The van der Waals surface area contributed by atoms with Crippen LogP contribution in [0.2, 0.25) is 0 Å². The van der Waals surface area contributed by atoms with Gasteiger partial charge in [0.1, 0.15) is 0 Å². The Morgan fingerprint density at radius 1 is 1.45 bits per heavy atom. The van der Waals surface area contributed by atoms with Crippen molar-refractivity contribution < 1.29 is 9.90 Å². The maximum Gasteiger partial charge on any atom is 0.227 e. The Balaban J connectivity index is 1.71. The maximum absolute atomic E-state index is 12.4. The zero-order chi connectivity index (χ0) is 14.4. The first-order chi connectivity index (χ1) is 9.42. The van der Waals surface area contributed by atoms with Gasteiger partial charge in [0.05, 0.1) is 18.6 Å². The molecule has 1 amide bonds. The molecule has 4 heteroatoms. The van der Waals surface area contributed by atoms with Crippen molar-refractivity contribution in [2.45, 2.75) is 38.7 Å². The summed E-state index contributed by atoms with van der Waals surface area (Å²) in [5.41, 5.74) is -0.00623. The molecule has 0 aromatic carbocycles. The van der Waals surface area contributed by atoms with Crippen LogP contribution in [0.1, 0.15) is 32.3 Å². The fourth-order valence-electron chi connectivity index (χ4n) is 3.38. The van der Waals surface area contributed by atoms with Gasteiger partial charge in [0.2, 0.25) is 5.91 Å². The zero-order valence-electron chi connectivity index (χ0n) is 12.2. The number of hydrogen-bond donors (Lipinski definition) is 1. The zero-order valence-corrected chi connectivity index (χ0v) is 12.2. The summed E-state index contributed by atoms with van der Waals surface area (Å²) in [6.45, 7) is 5.26. The number of nitrogens with zero attached hydrogens (tertiary/aromatic N) is 2. The summed E-state index contributed by atoms with van der Waals surface area (Å²) < 4.78 is 0. The average molecular weight is 274 g/mol. The highest BCUT2D eigenvalue weighted by Gasteiger charge is 2.59. The molecule has 2 aliphatic rings. The summed E-state index contributed by atoms with van der Waals surface area (Å²) in [6.07, 6.45) is 5.98. The number of aliphatic hydroxyl groups is 1. The highest BCUT2D eigenvalue weighted by molar-refractivity contribution is 5.79. The van der Waals surface area contributed by atoms with Gasteiger partial charge in [-0.1, -0.05) is 19.9 Å². The number of β-amino-alcohol motifs (C(OH)–C–C–N with tert-alkyl or cyclic N) is 1. The Bertz CT molecular complexity index is 510. The van der Waals surface area contributed by atoms with Gasteiger partial charge in [0, 0.05) is 24.4 Å². The number of rotatable bonds is 3. The number of carbonyl (C=O) groups excluding carboxylic acids is 1. The van der Waals surface area contributed by atoms with Crippen LogP contribution in [0.3, 0.4) is 0 Å². The van der Waals surface area contributed by atoms with Crippen molar-refractivity contribution in [3.8, 4) is 0 Å². The lowest BCUT2D eigenvalue weighted by molar-refractivity contribution is -0.130. The highest BCUT2D eigenvalue weighted by atomic mass is 16.3. The molecule has 108 valence electrons. The molecular weight excluding hydrogens is 252 g/mol. The van der Waals surface area contributed by atoms with Crippen LogP contribution in [0.25, 0.3) is 0 Å². The minimum absolute atomic E-state index is 0.0858. The first-order valence-corrected chi connectivity index (χ1v) is 7.31. The monoisotopic (exact) mass is 274 g/mol. The second-order valence-corrected chi connectivity index (χ2v) is 6.87. The van der Waals surface area contributed by atoms with E-state index in [9.17, 15) is 9.90 Å². The van der Waals surface area contributed by atoms with Crippen molar-refractivity contribution >= 4 is 5.91 Å². The molecular formula is C16H22N2O2. The number of amides is 1. The van der Waals surface area contributed by atoms with E-state index in [0.29, 0.717) is 25.4 Å². The summed E-state index contributed by atoms with van der Waals surface area (Å²) in [4.78, 5) is 18.3. The van der Waals surface area contributed by atoms with E-state index < -0.39 is 5.60 Å². The van der Waals surface area contributed by atoms with Crippen molar-refractivity contribution in [2.24, 2.45) is 11.3 Å². The third kappa shape index (κ3) is 2.22. The number of aromatic nitrogens is 1. The van der Waals surface area contributed by atoms with Gasteiger partial charge in [-0.05, 0) is 30.4 Å². The van der Waals surface area contributed by atoms with Gasteiger partial charge >= 0.3 is 0 Å². The normalized spacial score (nSPS) is 28.6. The Morgan fingerprint density at radius 2 is 2.20 bits per heavy atom. The number of carbonyl (C=O) groups is 1. The Labute approximate surface area is 119 Å². The predicted molar refractivity (Wildman–Crippen MR) is 76.0 cm³/mol. The number of pyridine rings is 1. The lowest BCUT2D eigenvalue weighted by Gasteiger charge is -2.35. The van der Waals surface area contributed by atoms with E-state index in [-0.39, 0.29) is 11.3 Å². The molecule has 4 nitrogen and oxygen atoms in total. The summed E-state index contributed by atoms with van der Waals surface area (Å²) in [6, 6.07) is 3.76. The van der Waals surface area contributed by atoms with Crippen LogP contribution >= 0.6 is 0 Å². The molecule has 1 aromatic rings. The average Bonchev–Trinajstić information content (AvgIpc) is 3.19. The molecule has 20 heavy (non-hydrogen) atoms. The molecule has 0 spiro atoms. The van der Waals surface area contributed by atoms with Gasteiger partial charge in [-0.15, -0.1) is 0 Å². The quantitative estimate of drug-likeness (QED) is 0.911. The molecule has 1 aliphatic carbocycles. The minimum Gasteiger partial charge on any atom is -0.387 e. The molecule has 0 bridgehead atoms. The van der Waals surface area contributed by atoms with Crippen LogP contribution in [0.4, 0.5) is 0 Å². The van der Waals surface area contributed by atoms with Gasteiger partial charge in [0.25, 0.3) is 0 Å².